The molecule has 1 heterocycles. The summed E-state index contributed by atoms with van der Waals surface area (Å²) in [7, 11) is -3.53. The van der Waals surface area contributed by atoms with Crippen molar-refractivity contribution in [1.82, 2.24) is 14.6 Å². The van der Waals surface area contributed by atoms with Crippen molar-refractivity contribution >= 4 is 38.1 Å². The van der Waals surface area contributed by atoms with Gasteiger partial charge in [-0.2, -0.15) is 0 Å². The average Bonchev–Trinajstić information content (AvgIpc) is 3.16. The van der Waals surface area contributed by atoms with Gasteiger partial charge in [0.25, 0.3) is 0 Å². The van der Waals surface area contributed by atoms with Crippen LogP contribution in [0.4, 0.5) is 5.13 Å². The SMILES string of the molecule is CCCN(CCC1CCC(NS(=O)(=O)c2cccc(Cl)c2)CC1)C1CCc2nc(N)sc2C1. The molecule has 182 valence electrons. The van der Waals surface area contributed by atoms with Gasteiger partial charge in [0.05, 0.1) is 10.6 Å². The monoisotopic (exact) mass is 510 g/mol. The van der Waals surface area contributed by atoms with E-state index in [1.165, 1.54) is 23.1 Å². The van der Waals surface area contributed by atoms with Crippen LogP contribution in [0.1, 0.15) is 62.4 Å². The number of thiazole rings is 1. The lowest BCUT2D eigenvalue weighted by Gasteiger charge is -2.36. The summed E-state index contributed by atoms with van der Waals surface area (Å²) in [5, 5.41) is 1.14. The van der Waals surface area contributed by atoms with Crippen molar-refractivity contribution in [1.29, 1.82) is 0 Å². The molecule has 1 aromatic carbocycles. The van der Waals surface area contributed by atoms with E-state index in [0.717, 1.165) is 64.5 Å². The second-order valence-corrected chi connectivity index (χ2v) is 12.7. The van der Waals surface area contributed by atoms with Crippen LogP contribution in [0.15, 0.2) is 29.2 Å². The molecular weight excluding hydrogens is 476 g/mol. The van der Waals surface area contributed by atoms with E-state index in [1.807, 2.05) is 0 Å². The number of rotatable bonds is 9. The lowest BCUT2D eigenvalue weighted by atomic mass is 9.84. The number of hydrogen-bond acceptors (Lipinski definition) is 6. The van der Waals surface area contributed by atoms with Crippen LogP contribution < -0.4 is 10.5 Å². The Kier molecular flexibility index (Phi) is 8.33. The zero-order valence-corrected chi connectivity index (χ0v) is 21.7. The molecule has 1 saturated carbocycles. The van der Waals surface area contributed by atoms with E-state index in [2.05, 4.69) is 21.5 Å². The Morgan fingerprint density at radius 2 is 2.00 bits per heavy atom. The highest BCUT2D eigenvalue weighted by Crippen LogP contribution is 2.32. The maximum Gasteiger partial charge on any atom is 0.240 e. The van der Waals surface area contributed by atoms with Crippen LogP contribution in [0.5, 0.6) is 0 Å². The molecule has 1 fully saturated rings. The summed E-state index contributed by atoms with van der Waals surface area (Å²) in [6.07, 6.45) is 9.54. The highest BCUT2D eigenvalue weighted by Gasteiger charge is 2.29. The zero-order chi connectivity index (χ0) is 23.4. The molecule has 1 aromatic heterocycles. The van der Waals surface area contributed by atoms with Gasteiger partial charge in [0.15, 0.2) is 5.13 Å². The Balaban J connectivity index is 1.26. The first-order valence-corrected chi connectivity index (χ1v) is 14.8. The molecule has 1 atom stereocenters. The second kappa shape index (κ2) is 11.0. The maximum absolute atomic E-state index is 12.7. The first kappa shape index (κ1) is 24.9. The third-order valence-electron chi connectivity index (χ3n) is 7.06. The normalized spacial score (nSPS) is 23.5. The zero-order valence-electron chi connectivity index (χ0n) is 19.3. The first-order chi connectivity index (χ1) is 15.8. The summed E-state index contributed by atoms with van der Waals surface area (Å²) < 4.78 is 28.3. The van der Waals surface area contributed by atoms with Gasteiger partial charge in [-0.05, 0) is 95.0 Å². The molecule has 2 aromatic rings. The number of nitrogen functional groups attached to an aromatic ring is 1. The summed E-state index contributed by atoms with van der Waals surface area (Å²) in [6, 6.07) is 7.05. The quantitative estimate of drug-likeness (QED) is 0.502. The van der Waals surface area contributed by atoms with Gasteiger partial charge < -0.3 is 10.6 Å². The van der Waals surface area contributed by atoms with E-state index < -0.39 is 10.0 Å². The Labute approximate surface area is 207 Å². The lowest BCUT2D eigenvalue weighted by Crippen LogP contribution is -2.41. The fraction of sp³-hybridized carbons (Fsp3) is 0.625. The van der Waals surface area contributed by atoms with Crippen molar-refractivity contribution in [2.45, 2.75) is 81.7 Å². The number of aryl methyl sites for hydroxylation is 1. The molecule has 2 aliphatic rings. The molecule has 33 heavy (non-hydrogen) atoms. The molecule has 0 aliphatic heterocycles. The smallest absolute Gasteiger partial charge is 0.240 e. The Morgan fingerprint density at radius 1 is 1.21 bits per heavy atom. The molecule has 3 N–H and O–H groups in total. The van der Waals surface area contributed by atoms with Gasteiger partial charge in [0.1, 0.15) is 0 Å². The average molecular weight is 511 g/mol. The molecular formula is C24H35ClN4O2S2. The van der Waals surface area contributed by atoms with Gasteiger partial charge in [-0.3, -0.25) is 0 Å². The number of halogens is 1. The van der Waals surface area contributed by atoms with Crippen LogP contribution in [0, 0.1) is 5.92 Å². The molecule has 2 aliphatic carbocycles. The fourth-order valence-electron chi connectivity index (χ4n) is 5.29. The van der Waals surface area contributed by atoms with Crippen molar-refractivity contribution in [3.8, 4) is 0 Å². The summed E-state index contributed by atoms with van der Waals surface area (Å²) in [6.45, 7) is 4.50. The molecule has 0 bridgehead atoms. The first-order valence-electron chi connectivity index (χ1n) is 12.1. The van der Waals surface area contributed by atoms with E-state index in [-0.39, 0.29) is 10.9 Å². The van der Waals surface area contributed by atoms with Crippen LogP contribution in [-0.4, -0.2) is 43.5 Å². The highest BCUT2D eigenvalue weighted by atomic mass is 35.5. The van der Waals surface area contributed by atoms with Crippen LogP contribution in [0.2, 0.25) is 5.02 Å². The molecule has 0 spiro atoms. The predicted octanol–water partition coefficient (Wildman–Crippen LogP) is 4.88. The summed E-state index contributed by atoms with van der Waals surface area (Å²) in [4.78, 5) is 8.78. The molecule has 0 saturated heterocycles. The molecule has 0 amide bonds. The summed E-state index contributed by atoms with van der Waals surface area (Å²) in [5.74, 6) is 0.662. The van der Waals surface area contributed by atoms with Gasteiger partial charge in [0, 0.05) is 22.0 Å². The second-order valence-electron chi connectivity index (χ2n) is 9.44. The summed E-state index contributed by atoms with van der Waals surface area (Å²) in [5.41, 5.74) is 7.14. The Bertz CT molecular complexity index is 1030. The van der Waals surface area contributed by atoms with Crippen LogP contribution in [0.3, 0.4) is 0 Å². The van der Waals surface area contributed by atoms with E-state index in [9.17, 15) is 8.42 Å². The minimum Gasteiger partial charge on any atom is -0.375 e. The molecule has 0 radical (unpaired) electrons. The number of benzene rings is 1. The van der Waals surface area contributed by atoms with Crippen molar-refractivity contribution in [3.63, 3.8) is 0 Å². The van der Waals surface area contributed by atoms with Crippen molar-refractivity contribution < 1.29 is 8.42 Å². The van der Waals surface area contributed by atoms with E-state index >= 15 is 0 Å². The number of anilines is 1. The molecule has 9 heteroatoms. The molecule has 1 unspecified atom stereocenters. The third kappa shape index (κ3) is 6.48. The predicted molar refractivity (Wildman–Crippen MR) is 136 cm³/mol. The number of nitrogens with zero attached hydrogens (tertiary/aromatic N) is 2. The number of nitrogens with two attached hydrogens (primary N) is 1. The molecule has 4 rings (SSSR count). The Morgan fingerprint density at radius 3 is 2.73 bits per heavy atom. The van der Waals surface area contributed by atoms with E-state index in [4.69, 9.17) is 17.3 Å². The van der Waals surface area contributed by atoms with E-state index in [1.54, 1.807) is 29.5 Å². The van der Waals surface area contributed by atoms with Crippen molar-refractivity contribution in [3.05, 3.63) is 39.9 Å². The van der Waals surface area contributed by atoms with Gasteiger partial charge >= 0.3 is 0 Å². The number of hydrogen-bond donors (Lipinski definition) is 2. The van der Waals surface area contributed by atoms with Crippen molar-refractivity contribution in [2.24, 2.45) is 5.92 Å². The van der Waals surface area contributed by atoms with Crippen LogP contribution >= 0.6 is 22.9 Å². The largest absolute Gasteiger partial charge is 0.375 e. The van der Waals surface area contributed by atoms with Crippen molar-refractivity contribution in [2.75, 3.05) is 18.8 Å². The minimum atomic E-state index is -3.53. The standard InChI is InChI=1S/C24H35ClN4O2S2/c1-2-13-29(20-10-11-22-23(16-20)32-24(26)27-22)14-12-17-6-8-19(9-7-17)28-33(30,31)21-5-3-4-18(25)15-21/h3-5,15,17,19-20,28H,2,6-14,16H2,1H3,(H2,26,27). The van der Waals surface area contributed by atoms with Gasteiger partial charge in [-0.15, -0.1) is 11.3 Å². The van der Waals surface area contributed by atoms with Crippen LogP contribution in [0.25, 0.3) is 0 Å². The van der Waals surface area contributed by atoms with Crippen LogP contribution in [-0.2, 0) is 22.9 Å². The maximum atomic E-state index is 12.7. The molecule has 6 nitrogen and oxygen atoms in total. The van der Waals surface area contributed by atoms with Gasteiger partial charge in [0.2, 0.25) is 10.0 Å². The van der Waals surface area contributed by atoms with Gasteiger partial charge in [-0.1, -0.05) is 24.6 Å². The fourth-order valence-corrected chi connectivity index (χ4v) is 7.85. The summed E-state index contributed by atoms with van der Waals surface area (Å²) >= 11 is 7.63. The van der Waals surface area contributed by atoms with E-state index in [0.29, 0.717) is 22.1 Å². The van der Waals surface area contributed by atoms with Gasteiger partial charge in [-0.25, -0.2) is 18.1 Å². The Hall–Kier alpha value is -1.19. The number of aromatic nitrogens is 1. The number of fused-ring (bicyclic) bond motifs is 1. The third-order valence-corrected chi connectivity index (χ3v) is 9.76. The lowest BCUT2D eigenvalue weighted by molar-refractivity contribution is 0.158. The highest BCUT2D eigenvalue weighted by molar-refractivity contribution is 7.89. The number of sulfonamides is 1. The minimum absolute atomic E-state index is 0.00512. The topological polar surface area (TPSA) is 88.3 Å². The number of nitrogens with one attached hydrogen (secondary N) is 1.